The molecule has 27 heavy (non-hydrogen) atoms. The fraction of sp³-hybridized carbons (Fsp3) is 0.435. The van der Waals surface area contributed by atoms with Crippen LogP contribution >= 0.6 is 0 Å². The molecule has 1 heterocycles. The van der Waals surface area contributed by atoms with Gasteiger partial charge in [-0.2, -0.15) is 0 Å². The lowest BCUT2D eigenvalue weighted by atomic mass is 9.80. The zero-order valence-corrected chi connectivity index (χ0v) is 15.4. The molecule has 4 heteroatoms. The Balaban J connectivity index is 1.29. The average molecular weight is 363 g/mol. The number of aliphatic hydroxyl groups excluding tert-OH is 1. The topological polar surface area (TPSA) is 49.8 Å². The molecule has 0 radical (unpaired) electrons. The second-order valence-electron chi connectivity index (χ2n) is 8.20. The summed E-state index contributed by atoms with van der Waals surface area (Å²) in [5.41, 5.74) is 4.97. The molecule has 2 aliphatic carbocycles. The van der Waals surface area contributed by atoms with Gasteiger partial charge in [0.1, 0.15) is 6.61 Å². The van der Waals surface area contributed by atoms with Crippen LogP contribution in [0.3, 0.4) is 0 Å². The Morgan fingerprint density at radius 1 is 0.963 bits per heavy atom. The fourth-order valence-electron chi connectivity index (χ4n) is 5.24. The molecular weight excluding hydrogens is 338 g/mol. The van der Waals surface area contributed by atoms with Crippen molar-refractivity contribution in [2.45, 2.75) is 31.3 Å². The molecule has 3 unspecified atom stereocenters. The number of nitrogens with zero attached hydrogens (tertiary/aromatic N) is 1. The van der Waals surface area contributed by atoms with Crippen LogP contribution in [0.5, 0.6) is 0 Å². The number of carbonyl (C=O) groups is 1. The largest absolute Gasteiger partial charge is 0.448 e. The molecule has 3 atom stereocenters. The summed E-state index contributed by atoms with van der Waals surface area (Å²) in [5, 5.41) is 9.88. The normalized spacial score (nSPS) is 26.4. The summed E-state index contributed by atoms with van der Waals surface area (Å²) in [5.74, 6) is 1.05. The van der Waals surface area contributed by atoms with Crippen LogP contribution in [0, 0.1) is 11.8 Å². The summed E-state index contributed by atoms with van der Waals surface area (Å²) < 4.78 is 5.78. The number of rotatable bonds is 2. The molecule has 1 saturated heterocycles. The minimum Gasteiger partial charge on any atom is -0.448 e. The number of hydrogen-bond acceptors (Lipinski definition) is 3. The van der Waals surface area contributed by atoms with Gasteiger partial charge in [0, 0.05) is 19.0 Å². The molecule has 2 aromatic rings. The monoisotopic (exact) mass is 363 g/mol. The first-order valence-electron chi connectivity index (χ1n) is 9.98. The summed E-state index contributed by atoms with van der Waals surface area (Å²) in [4.78, 5) is 14.5. The maximum atomic E-state index is 12.7. The zero-order chi connectivity index (χ0) is 18.4. The lowest BCUT2D eigenvalue weighted by Gasteiger charge is -2.27. The van der Waals surface area contributed by atoms with E-state index in [0.29, 0.717) is 18.4 Å². The van der Waals surface area contributed by atoms with Crippen molar-refractivity contribution >= 4 is 6.09 Å². The van der Waals surface area contributed by atoms with Crippen LogP contribution in [0.15, 0.2) is 48.5 Å². The molecule has 3 aliphatic rings. The van der Waals surface area contributed by atoms with E-state index in [4.69, 9.17) is 4.74 Å². The summed E-state index contributed by atoms with van der Waals surface area (Å²) in [6, 6.07) is 16.8. The van der Waals surface area contributed by atoms with Gasteiger partial charge in [-0.05, 0) is 53.4 Å². The second-order valence-corrected chi connectivity index (χ2v) is 8.20. The molecule has 5 rings (SSSR count). The van der Waals surface area contributed by atoms with Crippen LogP contribution in [0.4, 0.5) is 4.79 Å². The van der Waals surface area contributed by atoms with E-state index in [1.807, 2.05) is 4.90 Å². The van der Waals surface area contributed by atoms with E-state index in [0.717, 1.165) is 32.4 Å². The van der Waals surface area contributed by atoms with E-state index in [9.17, 15) is 9.90 Å². The van der Waals surface area contributed by atoms with Crippen LogP contribution in [0.1, 0.15) is 36.3 Å². The Bertz CT molecular complexity index is 819. The van der Waals surface area contributed by atoms with Crippen LogP contribution in [-0.2, 0) is 4.74 Å². The van der Waals surface area contributed by atoms with E-state index >= 15 is 0 Å². The number of benzene rings is 2. The predicted octanol–water partition coefficient (Wildman–Crippen LogP) is 4.03. The zero-order valence-electron chi connectivity index (χ0n) is 15.4. The third kappa shape index (κ3) is 2.92. The van der Waals surface area contributed by atoms with Crippen molar-refractivity contribution in [3.63, 3.8) is 0 Å². The first-order chi connectivity index (χ1) is 13.2. The first kappa shape index (κ1) is 16.8. The maximum Gasteiger partial charge on any atom is 0.409 e. The minimum atomic E-state index is -0.208. The van der Waals surface area contributed by atoms with Crippen molar-refractivity contribution in [2.24, 2.45) is 11.8 Å². The highest BCUT2D eigenvalue weighted by atomic mass is 16.6. The Labute approximate surface area is 159 Å². The molecule has 1 aliphatic heterocycles. The van der Waals surface area contributed by atoms with E-state index in [1.165, 1.54) is 22.3 Å². The number of aliphatic hydroxyl groups is 1. The fourth-order valence-corrected chi connectivity index (χ4v) is 5.24. The SMILES string of the molecule is O=C(OCC1c2ccccc2-c2ccccc21)N1CC2CCC(O)CC2C1. The number of likely N-dealkylation sites (tertiary alicyclic amines) is 1. The molecule has 0 bridgehead atoms. The van der Waals surface area contributed by atoms with Gasteiger partial charge in [-0.25, -0.2) is 4.79 Å². The van der Waals surface area contributed by atoms with Crippen molar-refractivity contribution in [3.05, 3.63) is 59.7 Å². The molecule has 1 saturated carbocycles. The minimum absolute atomic E-state index is 0.105. The van der Waals surface area contributed by atoms with Gasteiger partial charge in [-0.3, -0.25) is 0 Å². The molecular formula is C23H25NO3. The Kier molecular flexibility index (Phi) is 4.16. The Morgan fingerprint density at radius 3 is 2.30 bits per heavy atom. The summed E-state index contributed by atoms with van der Waals surface area (Å²) in [6.07, 6.45) is 2.28. The first-order valence-corrected chi connectivity index (χ1v) is 9.98. The van der Waals surface area contributed by atoms with Gasteiger partial charge >= 0.3 is 6.09 Å². The van der Waals surface area contributed by atoms with Gasteiger partial charge in [-0.15, -0.1) is 0 Å². The molecule has 1 amide bonds. The highest BCUT2D eigenvalue weighted by Crippen LogP contribution is 2.44. The quantitative estimate of drug-likeness (QED) is 0.876. The summed E-state index contributed by atoms with van der Waals surface area (Å²) in [7, 11) is 0. The van der Waals surface area contributed by atoms with Crippen molar-refractivity contribution in [1.82, 2.24) is 4.90 Å². The van der Waals surface area contributed by atoms with Gasteiger partial charge < -0.3 is 14.7 Å². The molecule has 0 spiro atoms. The lowest BCUT2D eigenvalue weighted by molar-refractivity contribution is 0.0860. The van der Waals surface area contributed by atoms with Crippen molar-refractivity contribution in [1.29, 1.82) is 0 Å². The third-order valence-electron chi connectivity index (χ3n) is 6.62. The number of amides is 1. The summed E-state index contributed by atoms with van der Waals surface area (Å²) >= 11 is 0. The molecule has 2 aromatic carbocycles. The van der Waals surface area contributed by atoms with Gasteiger partial charge in [0.15, 0.2) is 0 Å². The Hall–Kier alpha value is -2.33. The molecule has 4 nitrogen and oxygen atoms in total. The predicted molar refractivity (Wildman–Crippen MR) is 103 cm³/mol. The van der Waals surface area contributed by atoms with Gasteiger partial charge in [0.25, 0.3) is 0 Å². The number of carbonyl (C=O) groups excluding carboxylic acids is 1. The smallest absolute Gasteiger partial charge is 0.409 e. The Morgan fingerprint density at radius 2 is 1.59 bits per heavy atom. The number of ether oxygens (including phenoxy) is 1. The molecule has 2 fully saturated rings. The van der Waals surface area contributed by atoms with Gasteiger partial charge in [-0.1, -0.05) is 48.5 Å². The standard InChI is InChI=1S/C23H25NO3/c25-17-10-9-15-12-24(13-16(15)11-17)23(26)27-14-22-20-7-3-1-5-18(20)19-6-2-4-8-21(19)22/h1-8,15-17,22,25H,9-14H2. The van der Waals surface area contributed by atoms with Crippen LogP contribution in [-0.4, -0.2) is 41.9 Å². The van der Waals surface area contributed by atoms with Crippen molar-refractivity contribution in [3.8, 4) is 11.1 Å². The number of fused-ring (bicyclic) bond motifs is 4. The lowest BCUT2D eigenvalue weighted by Crippen LogP contribution is -2.30. The molecule has 140 valence electrons. The average Bonchev–Trinajstić information content (AvgIpc) is 3.25. The highest BCUT2D eigenvalue weighted by Gasteiger charge is 2.40. The highest BCUT2D eigenvalue weighted by molar-refractivity contribution is 5.79. The van der Waals surface area contributed by atoms with Gasteiger partial charge in [0.2, 0.25) is 0 Å². The van der Waals surface area contributed by atoms with Crippen LogP contribution < -0.4 is 0 Å². The van der Waals surface area contributed by atoms with E-state index < -0.39 is 0 Å². The van der Waals surface area contributed by atoms with Crippen LogP contribution in [0.25, 0.3) is 11.1 Å². The third-order valence-corrected chi connectivity index (χ3v) is 6.62. The molecule has 0 aromatic heterocycles. The number of hydrogen-bond donors (Lipinski definition) is 1. The maximum absolute atomic E-state index is 12.7. The molecule has 1 N–H and O–H groups in total. The second kappa shape index (κ2) is 6.68. The van der Waals surface area contributed by atoms with Crippen LogP contribution in [0.2, 0.25) is 0 Å². The van der Waals surface area contributed by atoms with E-state index in [-0.39, 0.29) is 18.1 Å². The van der Waals surface area contributed by atoms with Crippen molar-refractivity contribution < 1.29 is 14.6 Å². The van der Waals surface area contributed by atoms with E-state index in [1.54, 1.807) is 0 Å². The van der Waals surface area contributed by atoms with E-state index in [2.05, 4.69) is 48.5 Å². The van der Waals surface area contributed by atoms with Gasteiger partial charge in [0.05, 0.1) is 6.10 Å². The van der Waals surface area contributed by atoms with Crippen molar-refractivity contribution in [2.75, 3.05) is 19.7 Å². The summed E-state index contributed by atoms with van der Waals surface area (Å²) in [6.45, 7) is 1.87.